The van der Waals surface area contributed by atoms with Crippen molar-refractivity contribution in [1.29, 1.82) is 0 Å². The van der Waals surface area contributed by atoms with Crippen LogP contribution < -0.4 is 4.74 Å². The van der Waals surface area contributed by atoms with Gasteiger partial charge in [-0.05, 0) is 31.2 Å². The summed E-state index contributed by atoms with van der Waals surface area (Å²) in [6.45, 7) is 1.92. The molecule has 0 saturated carbocycles. The average Bonchev–Trinajstić information content (AvgIpc) is 2.15. The number of carbonyl (C=O) groups excluding carboxylic acids is 1. The van der Waals surface area contributed by atoms with Crippen molar-refractivity contribution in [2.75, 3.05) is 6.61 Å². The van der Waals surface area contributed by atoms with Crippen LogP contribution in [0.3, 0.4) is 0 Å². The Bertz CT molecular complexity index is 264. The molecule has 1 aromatic carbocycles. The summed E-state index contributed by atoms with van der Waals surface area (Å²) < 4.78 is 5.20. The number of ether oxygens (including phenoxy) is 1. The topological polar surface area (TPSA) is 46.5 Å². The van der Waals surface area contributed by atoms with E-state index in [0.29, 0.717) is 11.3 Å². The zero-order chi connectivity index (χ0) is 9.68. The maximum absolute atomic E-state index is 10.3. The molecule has 1 unspecified atom stereocenters. The number of hydrogen-bond donors (Lipinski definition) is 1. The summed E-state index contributed by atoms with van der Waals surface area (Å²) >= 11 is 0. The number of hydrogen-bond acceptors (Lipinski definition) is 3. The van der Waals surface area contributed by atoms with Gasteiger partial charge in [-0.2, -0.15) is 0 Å². The average molecular weight is 180 g/mol. The molecule has 0 aliphatic rings. The molecule has 70 valence electrons. The first kappa shape index (κ1) is 9.74. The van der Waals surface area contributed by atoms with Crippen LogP contribution in [0.1, 0.15) is 17.3 Å². The predicted octanol–water partition coefficient (Wildman–Crippen LogP) is 1.26. The van der Waals surface area contributed by atoms with Gasteiger partial charge in [0.25, 0.3) is 0 Å². The maximum atomic E-state index is 10.3. The van der Waals surface area contributed by atoms with Gasteiger partial charge in [0.05, 0.1) is 6.10 Å². The van der Waals surface area contributed by atoms with E-state index in [4.69, 9.17) is 9.84 Å². The summed E-state index contributed by atoms with van der Waals surface area (Å²) in [4.78, 5) is 10.3. The minimum Gasteiger partial charge on any atom is -0.491 e. The van der Waals surface area contributed by atoms with Gasteiger partial charge in [-0.3, -0.25) is 4.79 Å². The van der Waals surface area contributed by atoms with Gasteiger partial charge in [-0.25, -0.2) is 0 Å². The van der Waals surface area contributed by atoms with Crippen LogP contribution in [0.4, 0.5) is 0 Å². The van der Waals surface area contributed by atoms with Gasteiger partial charge in [0.1, 0.15) is 18.6 Å². The Morgan fingerprint density at radius 1 is 1.46 bits per heavy atom. The molecule has 0 amide bonds. The monoisotopic (exact) mass is 180 g/mol. The van der Waals surface area contributed by atoms with Gasteiger partial charge < -0.3 is 9.84 Å². The SMILES string of the molecule is CC(O)COc1ccc(C=O)cc1. The van der Waals surface area contributed by atoms with Crippen molar-refractivity contribution >= 4 is 6.29 Å². The van der Waals surface area contributed by atoms with Crippen LogP contribution in [0.2, 0.25) is 0 Å². The zero-order valence-electron chi connectivity index (χ0n) is 7.43. The van der Waals surface area contributed by atoms with Crippen LogP contribution in [0.5, 0.6) is 5.75 Å². The van der Waals surface area contributed by atoms with Crippen molar-refractivity contribution in [2.45, 2.75) is 13.0 Å². The zero-order valence-corrected chi connectivity index (χ0v) is 7.43. The van der Waals surface area contributed by atoms with E-state index < -0.39 is 6.10 Å². The van der Waals surface area contributed by atoms with Crippen LogP contribution in [-0.2, 0) is 0 Å². The van der Waals surface area contributed by atoms with Gasteiger partial charge in [0, 0.05) is 5.56 Å². The highest BCUT2D eigenvalue weighted by atomic mass is 16.5. The molecule has 0 bridgehead atoms. The Hall–Kier alpha value is -1.35. The largest absolute Gasteiger partial charge is 0.491 e. The third-order valence-corrected chi connectivity index (χ3v) is 1.51. The maximum Gasteiger partial charge on any atom is 0.150 e. The second-order valence-corrected chi connectivity index (χ2v) is 2.85. The van der Waals surface area contributed by atoms with Gasteiger partial charge >= 0.3 is 0 Å². The summed E-state index contributed by atoms with van der Waals surface area (Å²) in [6.07, 6.45) is 0.295. The van der Waals surface area contributed by atoms with E-state index in [-0.39, 0.29) is 6.61 Å². The molecular formula is C10H12O3. The van der Waals surface area contributed by atoms with Gasteiger partial charge in [-0.1, -0.05) is 0 Å². The van der Waals surface area contributed by atoms with Crippen molar-refractivity contribution in [1.82, 2.24) is 0 Å². The fraction of sp³-hybridized carbons (Fsp3) is 0.300. The van der Waals surface area contributed by atoms with E-state index in [0.717, 1.165) is 6.29 Å². The van der Waals surface area contributed by atoms with E-state index in [9.17, 15) is 4.79 Å². The molecular weight excluding hydrogens is 168 g/mol. The molecule has 0 saturated heterocycles. The van der Waals surface area contributed by atoms with Crippen LogP contribution in [0.25, 0.3) is 0 Å². The molecule has 0 aliphatic carbocycles. The fourth-order valence-corrected chi connectivity index (χ4v) is 0.859. The molecule has 0 spiro atoms. The lowest BCUT2D eigenvalue weighted by Gasteiger charge is -2.07. The summed E-state index contributed by atoms with van der Waals surface area (Å²) in [7, 11) is 0. The molecule has 0 aliphatic heterocycles. The molecule has 0 radical (unpaired) electrons. The van der Waals surface area contributed by atoms with E-state index in [1.165, 1.54) is 0 Å². The molecule has 0 aromatic heterocycles. The van der Waals surface area contributed by atoms with E-state index >= 15 is 0 Å². The molecule has 3 nitrogen and oxygen atoms in total. The lowest BCUT2D eigenvalue weighted by atomic mass is 10.2. The van der Waals surface area contributed by atoms with E-state index in [1.807, 2.05) is 0 Å². The molecule has 1 atom stereocenters. The van der Waals surface area contributed by atoms with Crippen molar-refractivity contribution in [2.24, 2.45) is 0 Å². The van der Waals surface area contributed by atoms with Crippen LogP contribution >= 0.6 is 0 Å². The van der Waals surface area contributed by atoms with Crippen molar-refractivity contribution in [3.8, 4) is 5.75 Å². The summed E-state index contributed by atoms with van der Waals surface area (Å²) in [5.41, 5.74) is 0.615. The number of aliphatic hydroxyl groups excluding tert-OH is 1. The third-order valence-electron chi connectivity index (χ3n) is 1.51. The second kappa shape index (κ2) is 4.62. The highest BCUT2D eigenvalue weighted by Gasteiger charge is 1.97. The minimum absolute atomic E-state index is 0.264. The summed E-state index contributed by atoms with van der Waals surface area (Å²) in [5.74, 6) is 0.659. The second-order valence-electron chi connectivity index (χ2n) is 2.85. The van der Waals surface area contributed by atoms with Gasteiger partial charge in [-0.15, -0.1) is 0 Å². The number of benzene rings is 1. The number of rotatable bonds is 4. The Morgan fingerprint density at radius 2 is 2.08 bits per heavy atom. The molecule has 0 heterocycles. The summed E-state index contributed by atoms with van der Waals surface area (Å²) in [5, 5.41) is 8.93. The fourth-order valence-electron chi connectivity index (χ4n) is 0.859. The molecule has 1 aromatic rings. The van der Waals surface area contributed by atoms with Crippen LogP contribution in [-0.4, -0.2) is 24.1 Å². The quantitative estimate of drug-likeness (QED) is 0.709. The summed E-state index contributed by atoms with van der Waals surface area (Å²) in [6, 6.07) is 6.74. The Labute approximate surface area is 77.0 Å². The third kappa shape index (κ3) is 3.25. The highest BCUT2D eigenvalue weighted by Crippen LogP contribution is 2.10. The molecule has 0 fully saturated rings. The van der Waals surface area contributed by atoms with E-state index in [2.05, 4.69) is 0 Å². The van der Waals surface area contributed by atoms with Crippen molar-refractivity contribution in [3.63, 3.8) is 0 Å². The van der Waals surface area contributed by atoms with Crippen LogP contribution in [0, 0.1) is 0 Å². The highest BCUT2D eigenvalue weighted by molar-refractivity contribution is 5.74. The van der Waals surface area contributed by atoms with Gasteiger partial charge in [0.2, 0.25) is 0 Å². The minimum atomic E-state index is -0.481. The molecule has 1 rings (SSSR count). The van der Waals surface area contributed by atoms with Crippen molar-refractivity contribution in [3.05, 3.63) is 29.8 Å². The number of aldehydes is 1. The molecule has 13 heavy (non-hydrogen) atoms. The molecule has 3 heteroatoms. The Morgan fingerprint density at radius 3 is 2.54 bits per heavy atom. The Balaban J connectivity index is 2.54. The Kier molecular flexibility index (Phi) is 3.46. The standard InChI is InChI=1S/C10H12O3/c1-8(12)7-13-10-4-2-9(6-11)3-5-10/h2-6,8,12H,7H2,1H3. The van der Waals surface area contributed by atoms with Gasteiger partial charge in [0.15, 0.2) is 0 Å². The first-order valence-corrected chi connectivity index (χ1v) is 4.08. The number of carbonyl (C=O) groups is 1. The van der Waals surface area contributed by atoms with Crippen molar-refractivity contribution < 1.29 is 14.6 Å². The first-order chi connectivity index (χ1) is 6.22. The lowest BCUT2D eigenvalue weighted by Crippen LogP contribution is -2.12. The lowest BCUT2D eigenvalue weighted by molar-refractivity contribution is 0.112. The van der Waals surface area contributed by atoms with E-state index in [1.54, 1.807) is 31.2 Å². The predicted molar refractivity (Wildman–Crippen MR) is 49.0 cm³/mol. The number of aliphatic hydroxyl groups is 1. The molecule has 1 N–H and O–H groups in total. The first-order valence-electron chi connectivity index (χ1n) is 4.08. The smallest absolute Gasteiger partial charge is 0.150 e. The van der Waals surface area contributed by atoms with Crippen LogP contribution in [0.15, 0.2) is 24.3 Å². The normalized spacial score (nSPS) is 12.2.